The number of fused-ring (bicyclic) bond motifs is 2. The maximum absolute atomic E-state index is 14.8. The lowest BCUT2D eigenvalue weighted by Gasteiger charge is -2.22. The molecule has 0 saturated heterocycles. The molecule has 0 fully saturated rings. The number of hydrogen-bond acceptors (Lipinski definition) is 6. The fourth-order valence-corrected chi connectivity index (χ4v) is 4.24. The maximum Gasteiger partial charge on any atom is 0.266 e. The summed E-state index contributed by atoms with van der Waals surface area (Å²) in [6.07, 6.45) is 3.12. The van der Waals surface area contributed by atoms with Crippen LogP contribution >= 0.6 is 0 Å². The number of halogens is 1. The van der Waals surface area contributed by atoms with Gasteiger partial charge in [0, 0.05) is 23.5 Å². The maximum atomic E-state index is 14.8. The van der Waals surface area contributed by atoms with Gasteiger partial charge in [0.1, 0.15) is 17.4 Å². The van der Waals surface area contributed by atoms with E-state index in [9.17, 15) is 19.2 Å². The molecule has 1 amide bonds. The highest BCUT2D eigenvalue weighted by molar-refractivity contribution is 6.04. The molecule has 2 aromatic carbocycles. The Bertz CT molecular complexity index is 1720. The number of rotatable bonds is 4. The zero-order valence-electron chi connectivity index (χ0n) is 18.4. The Kier molecular flexibility index (Phi) is 5.22. The summed E-state index contributed by atoms with van der Waals surface area (Å²) in [4.78, 5) is 31.0. The molecule has 5 rings (SSSR count). The molecule has 9 nitrogen and oxygen atoms in total. The van der Waals surface area contributed by atoms with E-state index in [1.165, 1.54) is 33.5 Å². The van der Waals surface area contributed by atoms with Crippen molar-refractivity contribution in [1.82, 2.24) is 24.5 Å². The molecule has 3 aromatic heterocycles. The van der Waals surface area contributed by atoms with Crippen molar-refractivity contribution in [2.24, 2.45) is 0 Å². The average Bonchev–Trinajstić information content (AvgIpc) is 3.20. The van der Waals surface area contributed by atoms with Crippen molar-refractivity contribution in [3.8, 4) is 11.8 Å². The highest BCUT2D eigenvalue weighted by atomic mass is 19.1. The summed E-state index contributed by atoms with van der Waals surface area (Å²) in [7, 11) is 0. The van der Waals surface area contributed by atoms with E-state index in [-0.39, 0.29) is 39.1 Å². The van der Waals surface area contributed by atoms with Crippen molar-refractivity contribution in [3.63, 3.8) is 0 Å². The molecule has 3 heterocycles. The molecule has 172 valence electrons. The lowest BCUT2D eigenvalue weighted by Crippen LogP contribution is -2.33. The fraction of sp³-hybridized carbons (Fsp3) is 0.0800. The van der Waals surface area contributed by atoms with Gasteiger partial charge in [0.05, 0.1) is 22.7 Å². The van der Waals surface area contributed by atoms with Crippen LogP contribution in [0.3, 0.4) is 0 Å². The molecule has 0 aliphatic rings. The first-order valence-corrected chi connectivity index (χ1v) is 10.6. The minimum Gasteiger partial charge on any atom is -0.381 e. The largest absolute Gasteiger partial charge is 0.381 e. The van der Waals surface area contributed by atoms with Crippen LogP contribution in [0.15, 0.2) is 71.8 Å². The number of carbonyl (C=O) groups excluding carboxylic acids is 1. The van der Waals surface area contributed by atoms with Gasteiger partial charge in [0.25, 0.3) is 11.5 Å². The molecular weight excluding hydrogens is 449 g/mol. The Morgan fingerprint density at radius 1 is 1.17 bits per heavy atom. The van der Waals surface area contributed by atoms with Gasteiger partial charge in [0.2, 0.25) is 0 Å². The number of pyridine rings is 1. The van der Waals surface area contributed by atoms with Crippen molar-refractivity contribution in [2.75, 3.05) is 5.73 Å². The summed E-state index contributed by atoms with van der Waals surface area (Å²) in [5.74, 6) is -1.34. The first-order chi connectivity index (χ1) is 16.9. The monoisotopic (exact) mass is 467 g/mol. The lowest BCUT2D eigenvalue weighted by atomic mass is 9.99. The summed E-state index contributed by atoms with van der Waals surface area (Å²) in [5.41, 5.74) is 6.36. The number of amides is 1. The van der Waals surface area contributed by atoms with E-state index < -0.39 is 23.3 Å². The predicted molar refractivity (Wildman–Crippen MR) is 127 cm³/mol. The Morgan fingerprint density at radius 3 is 2.69 bits per heavy atom. The molecule has 3 N–H and O–H groups in total. The number of nitrogens with zero attached hydrogens (tertiary/aromatic N) is 5. The van der Waals surface area contributed by atoms with Crippen LogP contribution in [0.2, 0.25) is 0 Å². The molecule has 5 aromatic rings. The van der Waals surface area contributed by atoms with Crippen molar-refractivity contribution < 1.29 is 9.18 Å². The Labute approximate surface area is 197 Å². The molecule has 1 atom stereocenters. The van der Waals surface area contributed by atoms with E-state index >= 15 is 0 Å². The van der Waals surface area contributed by atoms with E-state index in [1.807, 2.05) is 0 Å². The summed E-state index contributed by atoms with van der Waals surface area (Å²) >= 11 is 0. The van der Waals surface area contributed by atoms with Crippen molar-refractivity contribution >= 4 is 28.1 Å². The minimum atomic E-state index is -0.851. The first-order valence-electron chi connectivity index (χ1n) is 10.6. The minimum absolute atomic E-state index is 0.0186. The smallest absolute Gasteiger partial charge is 0.266 e. The number of nitrogens with two attached hydrogens (primary N) is 1. The molecule has 0 bridgehead atoms. The molecule has 35 heavy (non-hydrogen) atoms. The van der Waals surface area contributed by atoms with Crippen molar-refractivity contribution in [3.05, 3.63) is 100.0 Å². The molecule has 0 aliphatic heterocycles. The van der Waals surface area contributed by atoms with Gasteiger partial charge >= 0.3 is 0 Å². The number of aromatic nitrogens is 4. The fourth-order valence-electron chi connectivity index (χ4n) is 4.24. The van der Waals surface area contributed by atoms with Crippen LogP contribution in [0.25, 0.3) is 22.1 Å². The molecule has 10 heteroatoms. The van der Waals surface area contributed by atoms with Gasteiger partial charge in [0.15, 0.2) is 11.5 Å². The van der Waals surface area contributed by atoms with Crippen LogP contribution in [0, 0.1) is 17.1 Å². The summed E-state index contributed by atoms with van der Waals surface area (Å²) < 4.78 is 17.4. The van der Waals surface area contributed by atoms with Crippen LogP contribution in [0.1, 0.15) is 34.6 Å². The first kappa shape index (κ1) is 21.8. The quantitative estimate of drug-likeness (QED) is 0.418. The van der Waals surface area contributed by atoms with E-state index in [0.717, 1.165) is 0 Å². The second-order valence-electron chi connectivity index (χ2n) is 7.85. The van der Waals surface area contributed by atoms with Gasteiger partial charge in [-0.2, -0.15) is 5.26 Å². The van der Waals surface area contributed by atoms with E-state index in [4.69, 9.17) is 5.73 Å². The van der Waals surface area contributed by atoms with Gasteiger partial charge in [-0.3, -0.25) is 14.2 Å². The van der Waals surface area contributed by atoms with E-state index in [2.05, 4.69) is 21.5 Å². The van der Waals surface area contributed by atoms with Crippen LogP contribution in [0.4, 0.5) is 10.2 Å². The van der Waals surface area contributed by atoms with Gasteiger partial charge in [-0.1, -0.05) is 30.3 Å². The zero-order chi connectivity index (χ0) is 24.7. The normalized spacial score (nSPS) is 11.9. The molecule has 0 aliphatic carbocycles. The molecular formula is C25H18FN7O2. The summed E-state index contributed by atoms with van der Waals surface area (Å²) in [6, 6.07) is 15.6. The third-order valence-electron chi connectivity index (χ3n) is 5.73. The summed E-state index contributed by atoms with van der Waals surface area (Å²) in [5, 5.41) is 16.9. The zero-order valence-corrected chi connectivity index (χ0v) is 18.4. The summed E-state index contributed by atoms with van der Waals surface area (Å²) in [6.45, 7) is 1.63. The lowest BCUT2D eigenvalue weighted by molar-refractivity contribution is 0.0941. The third kappa shape index (κ3) is 3.46. The number of hydrogen-bond donors (Lipinski definition) is 2. The topological polar surface area (TPSA) is 131 Å². The van der Waals surface area contributed by atoms with Crippen LogP contribution in [-0.4, -0.2) is 25.1 Å². The predicted octanol–water partition coefficient (Wildman–Crippen LogP) is 3.12. The number of nitriles is 1. The molecule has 0 spiro atoms. The SMILES string of the molecule is C[C@H](NC(=O)c1c(N)nn2cccnc12)c1c(C#N)c2cccc(F)c2c(=O)n1-c1ccccc1. The van der Waals surface area contributed by atoms with Gasteiger partial charge in [-0.15, -0.1) is 5.10 Å². The van der Waals surface area contributed by atoms with Crippen LogP contribution in [-0.2, 0) is 0 Å². The van der Waals surface area contributed by atoms with Crippen LogP contribution in [0.5, 0.6) is 0 Å². The number of carbonyl (C=O) groups is 1. The average molecular weight is 467 g/mol. The number of nitrogen functional groups attached to an aromatic ring is 1. The highest BCUT2D eigenvalue weighted by Crippen LogP contribution is 2.28. The van der Waals surface area contributed by atoms with Crippen molar-refractivity contribution in [2.45, 2.75) is 13.0 Å². The molecule has 0 unspecified atom stereocenters. The highest BCUT2D eigenvalue weighted by Gasteiger charge is 2.27. The third-order valence-corrected chi connectivity index (χ3v) is 5.73. The molecule has 0 radical (unpaired) electrons. The number of anilines is 1. The number of nitrogens with one attached hydrogen (secondary N) is 1. The second kappa shape index (κ2) is 8.39. The van der Waals surface area contributed by atoms with Crippen molar-refractivity contribution in [1.29, 1.82) is 5.26 Å². The molecule has 0 saturated carbocycles. The van der Waals surface area contributed by atoms with Gasteiger partial charge < -0.3 is 11.1 Å². The van der Waals surface area contributed by atoms with Crippen LogP contribution < -0.4 is 16.6 Å². The second-order valence-corrected chi connectivity index (χ2v) is 7.85. The Morgan fingerprint density at radius 2 is 1.94 bits per heavy atom. The Balaban J connectivity index is 1.72. The van der Waals surface area contributed by atoms with Gasteiger partial charge in [-0.05, 0) is 31.2 Å². The van der Waals surface area contributed by atoms with Gasteiger partial charge in [-0.25, -0.2) is 13.9 Å². The van der Waals surface area contributed by atoms with E-state index in [1.54, 1.807) is 49.5 Å². The Hall–Kier alpha value is -5.04. The standard InChI is InChI=1S/C25H18FN7O2/c1-14(30-24(34)20-22(28)31-32-12-6-11-29-23(20)32)21-17(13-27)16-9-5-10-18(26)19(16)25(35)33(21)15-7-3-2-4-8-15/h2-12,14H,1H3,(H2,28,31)(H,30,34)/t14-/m0/s1. The van der Waals surface area contributed by atoms with E-state index in [0.29, 0.717) is 5.69 Å². The number of para-hydroxylation sites is 1. The number of benzene rings is 2.